The number of carbonyl (C=O) groups is 1. The van der Waals surface area contributed by atoms with Crippen LogP contribution in [0.3, 0.4) is 0 Å². The van der Waals surface area contributed by atoms with Gasteiger partial charge in [0.2, 0.25) is 0 Å². The number of hydrogen-bond acceptors (Lipinski definition) is 3. The molecule has 0 unspecified atom stereocenters. The molecule has 0 aliphatic rings. The minimum atomic E-state index is -1.15. The molecule has 1 amide bonds. The molecule has 0 radical (unpaired) electrons. The Balaban J connectivity index is 1.96. The summed E-state index contributed by atoms with van der Waals surface area (Å²) in [6.45, 7) is 0. The van der Waals surface area contributed by atoms with Crippen molar-refractivity contribution in [1.82, 2.24) is 0 Å². The third kappa shape index (κ3) is 4.62. The van der Waals surface area contributed by atoms with Crippen LogP contribution in [0.2, 0.25) is 0 Å². The second-order valence-electron chi connectivity index (χ2n) is 4.74. The molecule has 0 aliphatic carbocycles. The quantitative estimate of drug-likeness (QED) is 0.861. The minimum absolute atomic E-state index is 0.418. The van der Waals surface area contributed by atoms with E-state index in [1.165, 1.54) is 5.56 Å². The number of benzene rings is 2. The first-order valence-electron chi connectivity index (χ1n) is 6.82. The summed E-state index contributed by atoms with van der Waals surface area (Å²) in [5.74, 6) is 0.663. The van der Waals surface area contributed by atoms with Crippen molar-refractivity contribution in [2.24, 2.45) is 0 Å². The predicted octanol–water partition coefficient (Wildman–Crippen LogP) is 3.26. The molecule has 110 valence electrons. The molecule has 2 aromatic carbocycles. The molecule has 2 rings (SSSR count). The van der Waals surface area contributed by atoms with Crippen LogP contribution in [-0.4, -0.2) is 23.0 Å². The number of aryl methyl sites for hydroxylation is 1. The lowest BCUT2D eigenvalue weighted by Gasteiger charge is -2.12. The molecule has 3 nitrogen and oxygen atoms in total. The zero-order valence-corrected chi connectivity index (χ0v) is 12.8. The molecule has 21 heavy (non-hydrogen) atoms. The number of carbonyl (C=O) groups excluding carboxylic acids is 1. The third-order valence-corrected chi connectivity index (χ3v) is 3.79. The van der Waals surface area contributed by atoms with Gasteiger partial charge in [-0.2, -0.15) is 11.8 Å². The first kappa shape index (κ1) is 15.6. The van der Waals surface area contributed by atoms with Crippen molar-refractivity contribution in [3.05, 3.63) is 65.7 Å². The highest BCUT2D eigenvalue weighted by molar-refractivity contribution is 7.98. The number of hydrogen-bond donors (Lipinski definition) is 2. The van der Waals surface area contributed by atoms with E-state index in [1.54, 1.807) is 24.3 Å². The van der Waals surface area contributed by atoms with Gasteiger partial charge in [-0.25, -0.2) is 0 Å². The SMILES string of the molecule is CSCCc1ccc(NC(=O)[C@H](O)c2ccccc2)cc1. The number of aliphatic hydroxyl groups is 1. The van der Waals surface area contributed by atoms with Crippen LogP contribution in [0.4, 0.5) is 5.69 Å². The van der Waals surface area contributed by atoms with Crippen LogP contribution < -0.4 is 5.32 Å². The molecule has 2 N–H and O–H groups in total. The van der Waals surface area contributed by atoms with Crippen LogP contribution in [0.1, 0.15) is 17.2 Å². The highest BCUT2D eigenvalue weighted by Crippen LogP contribution is 2.16. The molecule has 0 aromatic heterocycles. The maximum absolute atomic E-state index is 12.0. The number of anilines is 1. The summed E-state index contributed by atoms with van der Waals surface area (Å²) in [4.78, 5) is 12.0. The Morgan fingerprint density at radius 3 is 2.43 bits per heavy atom. The fourth-order valence-electron chi connectivity index (χ4n) is 1.97. The van der Waals surface area contributed by atoms with Gasteiger partial charge in [-0.15, -0.1) is 0 Å². The van der Waals surface area contributed by atoms with Gasteiger partial charge in [0.15, 0.2) is 6.10 Å². The van der Waals surface area contributed by atoms with Crippen molar-refractivity contribution in [1.29, 1.82) is 0 Å². The standard InChI is InChI=1S/C17H19NO2S/c1-21-12-11-13-7-9-15(10-8-13)18-17(20)16(19)14-5-3-2-4-6-14/h2-10,16,19H,11-12H2,1H3,(H,18,20)/t16-/m1/s1. The van der Waals surface area contributed by atoms with E-state index in [9.17, 15) is 9.90 Å². The Kier molecular flexibility index (Phi) is 5.84. The molecule has 1 atom stereocenters. The molecule has 2 aromatic rings. The number of amides is 1. The smallest absolute Gasteiger partial charge is 0.257 e. The fraction of sp³-hybridized carbons (Fsp3) is 0.235. The van der Waals surface area contributed by atoms with Crippen LogP contribution in [0.25, 0.3) is 0 Å². The van der Waals surface area contributed by atoms with Crippen molar-refractivity contribution in [2.75, 3.05) is 17.3 Å². The van der Waals surface area contributed by atoms with Crippen LogP contribution >= 0.6 is 11.8 Å². The average Bonchev–Trinajstić information content (AvgIpc) is 2.54. The molecule has 0 spiro atoms. The molecule has 0 aliphatic heterocycles. The van der Waals surface area contributed by atoms with E-state index < -0.39 is 12.0 Å². The van der Waals surface area contributed by atoms with E-state index in [-0.39, 0.29) is 0 Å². The largest absolute Gasteiger partial charge is 0.378 e. The molecule has 0 heterocycles. The Labute approximate surface area is 129 Å². The van der Waals surface area contributed by atoms with E-state index in [0.29, 0.717) is 11.3 Å². The van der Waals surface area contributed by atoms with Gasteiger partial charge in [-0.1, -0.05) is 42.5 Å². The van der Waals surface area contributed by atoms with Gasteiger partial charge in [0.25, 0.3) is 5.91 Å². The maximum atomic E-state index is 12.0. The van der Waals surface area contributed by atoms with Gasteiger partial charge in [-0.05, 0) is 41.7 Å². The van der Waals surface area contributed by atoms with Crippen LogP contribution in [0.5, 0.6) is 0 Å². The fourth-order valence-corrected chi connectivity index (χ4v) is 2.41. The summed E-state index contributed by atoms with van der Waals surface area (Å²) < 4.78 is 0. The summed E-state index contributed by atoms with van der Waals surface area (Å²) in [6.07, 6.45) is 1.95. The number of rotatable bonds is 6. The minimum Gasteiger partial charge on any atom is -0.378 e. The molecule has 0 saturated carbocycles. The van der Waals surface area contributed by atoms with Crippen molar-refractivity contribution in [2.45, 2.75) is 12.5 Å². The van der Waals surface area contributed by atoms with E-state index in [2.05, 4.69) is 11.6 Å². The van der Waals surface area contributed by atoms with Gasteiger partial charge in [0.1, 0.15) is 0 Å². The first-order valence-corrected chi connectivity index (χ1v) is 8.22. The summed E-state index contributed by atoms with van der Waals surface area (Å²) in [5.41, 5.74) is 2.53. The normalized spacial score (nSPS) is 11.9. The number of aliphatic hydroxyl groups excluding tert-OH is 1. The van der Waals surface area contributed by atoms with Gasteiger partial charge in [0, 0.05) is 5.69 Å². The van der Waals surface area contributed by atoms with E-state index >= 15 is 0 Å². The van der Waals surface area contributed by atoms with Crippen molar-refractivity contribution in [3.63, 3.8) is 0 Å². The molecule has 4 heteroatoms. The van der Waals surface area contributed by atoms with Crippen molar-refractivity contribution >= 4 is 23.4 Å². The van der Waals surface area contributed by atoms with Crippen molar-refractivity contribution < 1.29 is 9.90 Å². The van der Waals surface area contributed by atoms with E-state index in [4.69, 9.17) is 0 Å². The Hall–Kier alpha value is -1.78. The number of nitrogens with one attached hydrogen (secondary N) is 1. The molecule has 0 bridgehead atoms. The van der Waals surface area contributed by atoms with E-state index in [0.717, 1.165) is 12.2 Å². The zero-order valence-electron chi connectivity index (χ0n) is 12.0. The van der Waals surface area contributed by atoms with E-state index in [1.807, 2.05) is 42.1 Å². The summed E-state index contributed by atoms with van der Waals surface area (Å²) in [6, 6.07) is 16.6. The molecular formula is C17H19NO2S. The first-order chi connectivity index (χ1) is 10.2. The predicted molar refractivity (Wildman–Crippen MR) is 88.6 cm³/mol. The maximum Gasteiger partial charge on any atom is 0.257 e. The second kappa shape index (κ2) is 7.86. The van der Waals surface area contributed by atoms with Crippen LogP contribution in [0.15, 0.2) is 54.6 Å². The average molecular weight is 301 g/mol. The lowest BCUT2D eigenvalue weighted by molar-refractivity contribution is -0.124. The van der Waals surface area contributed by atoms with Crippen molar-refractivity contribution in [3.8, 4) is 0 Å². The third-order valence-electron chi connectivity index (χ3n) is 3.18. The zero-order chi connectivity index (χ0) is 15.1. The summed E-state index contributed by atoms with van der Waals surface area (Å²) in [5, 5.41) is 12.7. The van der Waals surface area contributed by atoms with Gasteiger partial charge in [0.05, 0.1) is 0 Å². The van der Waals surface area contributed by atoms with Gasteiger partial charge >= 0.3 is 0 Å². The number of thioether (sulfide) groups is 1. The highest BCUT2D eigenvalue weighted by Gasteiger charge is 2.16. The highest BCUT2D eigenvalue weighted by atomic mass is 32.2. The molecule has 0 fully saturated rings. The molecular weight excluding hydrogens is 282 g/mol. The lowest BCUT2D eigenvalue weighted by Crippen LogP contribution is -2.20. The Morgan fingerprint density at radius 1 is 1.14 bits per heavy atom. The molecule has 0 saturated heterocycles. The van der Waals surface area contributed by atoms with Gasteiger partial charge in [-0.3, -0.25) is 4.79 Å². The van der Waals surface area contributed by atoms with Crippen LogP contribution in [-0.2, 0) is 11.2 Å². The Morgan fingerprint density at radius 2 is 1.81 bits per heavy atom. The Bertz CT molecular complexity index is 569. The second-order valence-corrected chi connectivity index (χ2v) is 5.73. The van der Waals surface area contributed by atoms with Gasteiger partial charge < -0.3 is 10.4 Å². The topological polar surface area (TPSA) is 49.3 Å². The lowest BCUT2D eigenvalue weighted by atomic mass is 10.1. The monoisotopic (exact) mass is 301 g/mol. The van der Waals surface area contributed by atoms with Crippen LogP contribution in [0, 0.1) is 0 Å². The summed E-state index contributed by atoms with van der Waals surface area (Å²) in [7, 11) is 0. The summed E-state index contributed by atoms with van der Waals surface area (Å²) >= 11 is 1.81.